The minimum atomic E-state index is -0.573. The lowest BCUT2D eigenvalue weighted by molar-refractivity contribution is -0.121. The van der Waals surface area contributed by atoms with Gasteiger partial charge < -0.3 is 10.6 Å². The Hall–Kier alpha value is -3.15. The third kappa shape index (κ3) is 6.17. The van der Waals surface area contributed by atoms with Crippen molar-refractivity contribution in [2.45, 2.75) is 33.4 Å². The van der Waals surface area contributed by atoms with Crippen molar-refractivity contribution in [3.05, 3.63) is 59.2 Å². The van der Waals surface area contributed by atoms with Crippen molar-refractivity contribution in [1.29, 1.82) is 5.26 Å². The van der Waals surface area contributed by atoms with Crippen LogP contribution in [0.3, 0.4) is 0 Å². The van der Waals surface area contributed by atoms with Gasteiger partial charge in [0, 0.05) is 22.0 Å². The molecule has 0 radical (unpaired) electrons. The van der Waals surface area contributed by atoms with Crippen molar-refractivity contribution in [2.24, 2.45) is 10.4 Å². The molecule has 1 amide bonds. The van der Waals surface area contributed by atoms with Crippen LogP contribution in [0, 0.1) is 16.9 Å². The Morgan fingerprint density at radius 1 is 1.26 bits per heavy atom. The van der Waals surface area contributed by atoms with E-state index in [2.05, 4.69) is 25.3 Å². The third-order valence-corrected chi connectivity index (χ3v) is 5.56. The highest BCUT2D eigenvalue weighted by Gasteiger charge is 2.27. The van der Waals surface area contributed by atoms with E-state index in [1.165, 1.54) is 11.5 Å². The molecule has 7 nitrogen and oxygen atoms in total. The summed E-state index contributed by atoms with van der Waals surface area (Å²) in [5, 5.41) is 19.5. The zero-order valence-electron chi connectivity index (χ0n) is 17.4. The average Bonchev–Trinajstić information content (AvgIpc) is 3.18. The first-order valence-corrected chi connectivity index (χ1v) is 10.8. The number of nitriles is 1. The van der Waals surface area contributed by atoms with Gasteiger partial charge in [0.2, 0.25) is 11.9 Å². The summed E-state index contributed by atoms with van der Waals surface area (Å²) in [6, 6.07) is 12.9. The first-order valence-electron chi connectivity index (χ1n) is 9.63. The Bertz CT molecular complexity index is 1130. The van der Waals surface area contributed by atoms with Crippen molar-refractivity contribution in [3.63, 3.8) is 0 Å². The highest BCUT2D eigenvalue weighted by molar-refractivity contribution is 7.14. The number of amides is 1. The fourth-order valence-corrected chi connectivity index (χ4v) is 3.67. The number of halogens is 1. The molecule has 1 heterocycles. The van der Waals surface area contributed by atoms with Crippen LogP contribution >= 0.6 is 23.1 Å². The van der Waals surface area contributed by atoms with Crippen LogP contribution in [0.1, 0.15) is 26.3 Å². The highest BCUT2D eigenvalue weighted by atomic mass is 35.5. The molecule has 31 heavy (non-hydrogen) atoms. The van der Waals surface area contributed by atoms with E-state index in [1.54, 1.807) is 18.3 Å². The molecule has 160 valence electrons. The van der Waals surface area contributed by atoms with Gasteiger partial charge in [-0.2, -0.15) is 9.64 Å². The van der Waals surface area contributed by atoms with Crippen LogP contribution in [-0.2, 0) is 11.2 Å². The normalized spacial score (nSPS) is 12.8. The topological polar surface area (TPSA) is 102 Å². The van der Waals surface area contributed by atoms with Crippen LogP contribution in [0.5, 0.6) is 0 Å². The molecule has 0 saturated heterocycles. The Kier molecular flexibility index (Phi) is 7.10. The van der Waals surface area contributed by atoms with Crippen molar-refractivity contribution < 1.29 is 4.79 Å². The zero-order valence-corrected chi connectivity index (χ0v) is 19.0. The van der Waals surface area contributed by atoms with Crippen molar-refractivity contribution in [3.8, 4) is 6.19 Å². The molecule has 1 aromatic heterocycles. The molecule has 0 fully saturated rings. The maximum atomic E-state index is 12.7. The quantitative estimate of drug-likeness (QED) is 0.227. The SMILES string of the molecule is CC(C)(C)C(/N=C(\NC#N)Nc1cccc2cnsc12)NC(=O)Cc1ccc(Cl)cc1. The molecule has 3 aromatic rings. The molecule has 3 rings (SSSR count). The van der Waals surface area contributed by atoms with Crippen LogP contribution in [0.25, 0.3) is 10.1 Å². The maximum absolute atomic E-state index is 12.7. The number of carbonyl (C=O) groups is 1. The van der Waals surface area contributed by atoms with Crippen LogP contribution in [-0.4, -0.2) is 22.4 Å². The van der Waals surface area contributed by atoms with E-state index >= 15 is 0 Å². The van der Waals surface area contributed by atoms with Gasteiger partial charge in [-0.1, -0.05) is 56.6 Å². The van der Waals surface area contributed by atoms with E-state index < -0.39 is 11.6 Å². The lowest BCUT2D eigenvalue weighted by Crippen LogP contribution is -2.45. The molecular weight excluding hydrogens is 432 g/mol. The van der Waals surface area contributed by atoms with Crippen LogP contribution in [0.4, 0.5) is 5.69 Å². The van der Waals surface area contributed by atoms with Crippen molar-refractivity contribution in [2.75, 3.05) is 5.32 Å². The van der Waals surface area contributed by atoms with Gasteiger partial charge in [0.1, 0.15) is 6.17 Å². The number of hydrogen-bond acceptors (Lipinski definition) is 5. The van der Waals surface area contributed by atoms with E-state index in [0.29, 0.717) is 5.02 Å². The molecule has 0 aliphatic heterocycles. The largest absolute Gasteiger partial charge is 0.333 e. The number of aromatic nitrogens is 1. The monoisotopic (exact) mass is 454 g/mol. The number of nitrogens with zero attached hydrogens (tertiary/aromatic N) is 3. The second-order valence-electron chi connectivity index (χ2n) is 8.03. The number of nitrogens with one attached hydrogen (secondary N) is 3. The lowest BCUT2D eigenvalue weighted by atomic mass is 9.92. The number of aliphatic imine (C=N–C) groups is 1. The number of benzene rings is 2. The second-order valence-corrected chi connectivity index (χ2v) is 9.27. The van der Waals surface area contributed by atoms with Crippen molar-refractivity contribution in [1.82, 2.24) is 15.0 Å². The molecule has 9 heteroatoms. The number of guanidine groups is 1. The van der Waals surface area contributed by atoms with Gasteiger partial charge in [0.05, 0.1) is 16.8 Å². The molecule has 0 bridgehead atoms. The van der Waals surface area contributed by atoms with Gasteiger partial charge in [0.25, 0.3) is 0 Å². The van der Waals surface area contributed by atoms with Gasteiger partial charge in [-0.05, 0) is 35.3 Å². The Labute approximate surface area is 190 Å². The molecule has 0 aliphatic rings. The number of carbonyl (C=O) groups excluding carboxylic acids is 1. The highest BCUT2D eigenvalue weighted by Crippen LogP contribution is 2.27. The van der Waals surface area contributed by atoms with Crippen LogP contribution in [0.2, 0.25) is 5.02 Å². The number of anilines is 1. The summed E-state index contributed by atoms with van der Waals surface area (Å²) < 4.78 is 5.16. The standard InChI is InChI=1S/C22H23ClN6OS/c1-22(2,3)20(28-18(30)11-14-7-9-16(23)10-8-14)29-21(25-13-24)27-17-6-4-5-15-12-26-31-19(15)17/h4-10,12,20H,11H2,1-3H3,(H,28,30)(H2,25,27,29). The number of hydrogen-bond donors (Lipinski definition) is 3. The minimum absolute atomic E-state index is 0.174. The molecule has 1 atom stereocenters. The average molecular weight is 455 g/mol. The molecule has 3 N–H and O–H groups in total. The molecule has 0 spiro atoms. The molecule has 2 aromatic carbocycles. The zero-order chi connectivity index (χ0) is 22.4. The van der Waals surface area contributed by atoms with Gasteiger partial charge >= 0.3 is 0 Å². The number of fused-ring (bicyclic) bond motifs is 1. The second kappa shape index (κ2) is 9.77. The van der Waals surface area contributed by atoms with E-state index in [4.69, 9.17) is 11.6 Å². The van der Waals surface area contributed by atoms with Gasteiger partial charge in [-0.3, -0.25) is 10.1 Å². The number of rotatable bonds is 5. The van der Waals surface area contributed by atoms with Gasteiger partial charge in [-0.25, -0.2) is 4.99 Å². The van der Waals surface area contributed by atoms with Crippen molar-refractivity contribution >= 4 is 50.8 Å². The van der Waals surface area contributed by atoms with Gasteiger partial charge in [-0.15, -0.1) is 0 Å². The summed E-state index contributed by atoms with van der Waals surface area (Å²) in [6.45, 7) is 5.91. The lowest BCUT2D eigenvalue weighted by Gasteiger charge is -2.29. The third-order valence-electron chi connectivity index (χ3n) is 4.46. The summed E-state index contributed by atoms with van der Waals surface area (Å²) in [5.41, 5.74) is 1.24. The fraction of sp³-hybridized carbons (Fsp3) is 0.273. The summed E-state index contributed by atoms with van der Waals surface area (Å²) >= 11 is 7.27. The van der Waals surface area contributed by atoms with Crippen LogP contribution < -0.4 is 16.0 Å². The summed E-state index contributed by atoms with van der Waals surface area (Å²) in [5.74, 6) is 0.0713. The maximum Gasteiger partial charge on any atom is 0.226 e. The molecule has 0 saturated carbocycles. The summed E-state index contributed by atoms with van der Waals surface area (Å²) in [4.78, 5) is 17.3. The Morgan fingerprint density at radius 3 is 2.68 bits per heavy atom. The van der Waals surface area contributed by atoms with E-state index in [1.807, 2.05) is 57.3 Å². The minimum Gasteiger partial charge on any atom is -0.333 e. The van der Waals surface area contributed by atoms with E-state index in [0.717, 1.165) is 21.3 Å². The smallest absolute Gasteiger partial charge is 0.226 e. The predicted molar refractivity (Wildman–Crippen MR) is 126 cm³/mol. The molecular formula is C22H23ClN6OS. The first kappa shape index (κ1) is 22.5. The summed E-state index contributed by atoms with van der Waals surface area (Å²) in [7, 11) is 0. The Balaban J connectivity index is 1.81. The predicted octanol–water partition coefficient (Wildman–Crippen LogP) is 4.52. The first-order chi connectivity index (χ1) is 14.8. The molecule has 1 unspecified atom stereocenters. The summed E-state index contributed by atoms with van der Waals surface area (Å²) in [6.07, 6.45) is 3.32. The fourth-order valence-electron chi connectivity index (χ4n) is 2.83. The van der Waals surface area contributed by atoms with E-state index in [-0.39, 0.29) is 18.3 Å². The van der Waals surface area contributed by atoms with Crippen LogP contribution in [0.15, 0.2) is 53.7 Å². The molecule has 0 aliphatic carbocycles. The Morgan fingerprint density at radius 2 is 2.00 bits per heavy atom. The van der Waals surface area contributed by atoms with Gasteiger partial charge in [0.15, 0.2) is 6.19 Å². The van der Waals surface area contributed by atoms with E-state index in [9.17, 15) is 10.1 Å².